The number of rotatable bonds is 0. The smallest absolute Gasteiger partial charge is 0.146 e. The van der Waals surface area contributed by atoms with Crippen LogP contribution in [0.2, 0.25) is 0 Å². The fourth-order valence-electron chi connectivity index (χ4n) is 9.43. The maximum absolute atomic E-state index is 5.25. The lowest BCUT2D eigenvalue weighted by Gasteiger charge is -2.39. The summed E-state index contributed by atoms with van der Waals surface area (Å²) in [5.74, 6) is 0. The van der Waals surface area contributed by atoms with Crippen molar-refractivity contribution in [1.82, 2.24) is 14.0 Å². The van der Waals surface area contributed by atoms with E-state index in [-0.39, 0.29) is 0 Å². The predicted octanol–water partition coefficient (Wildman–Crippen LogP) is 10.6. The van der Waals surface area contributed by atoms with Crippen molar-refractivity contribution in [3.8, 4) is 16.8 Å². The first-order valence-electron chi connectivity index (χ1n) is 16.3. The van der Waals surface area contributed by atoms with Gasteiger partial charge >= 0.3 is 0 Å². The lowest BCUT2D eigenvalue weighted by Crippen LogP contribution is -2.33. The fraction of sp³-hybridized carbons (Fsp3) is 0.0227. The molecule has 0 saturated heterocycles. The third-order valence-electron chi connectivity index (χ3n) is 11.1. The highest BCUT2D eigenvalue weighted by Crippen LogP contribution is 2.61. The highest BCUT2D eigenvalue weighted by molar-refractivity contribution is 6.28. The molecule has 0 saturated carbocycles. The van der Waals surface area contributed by atoms with Crippen molar-refractivity contribution in [3.63, 3.8) is 0 Å². The van der Waals surface area contributed by atoms with E-state index in [0.717, 1.165) is 16.7 Å². The van der Waals surface area contributed by atoms with Crippen molar-refractivity contribution in [2.24, 2.45) is 0 Å². The first-order valence-corrected chi connectivity index (χ1v) is 16.3. The number of para-hydroxylation sites is 5. The van der Waals surface area contributed by atoms with Gasteiger partial charge in [-0.05, 0) is 63.7 Å². The Hall–Kier alpha value is -6.19. The molecule has 3 heteroatoms. The molecule has 0 amide bonds. The van der Waals surface area contributed by atoms with Crippen LogP contribution in [0.5, 0.6) is 0 Å². The molecule has 0 radical (unpaired) electrons. The SMILES string of the molecule is c1ccc2c(c1)-c1ccccc1C21c2ccccc2-n2c3c1cccc3c1ccc3c(c4ccccc4n4c5ccccc5nc34)c12. The van der Waals surface area contributed by atoms with E-state index in [4.69, 9.17) is 4.98 Å². The van der Waals surface area contributed by atoms with Crippen LogP contribution in [0.1, 0.15) is 22.3 Å². The number of fused-ring (bicyclic) bond motifs is 21. The van der Waals surface area contributed by atoms with Gasteiger partial charge in [0.1, 0.15) is 5.65 Å². The van der Waals surface area contributed by atoms with Crippen LogP contribution in [0.15, 0.2) is 152 Å². The number of aromatic nitrogens is 3. The number of hydrogen-bond acceptors (Lipinski definition) is 1. The van der Waals surface area contributed by atoms with E-state index >= 15 is 0 Å². The molecule has 0 unspecified atom stereocenters. The Morgan fingerprint density at radius 3 is 1.85 bits per heavy atom. The Balaban J connectivity index is 1.36. The zero-order valence-electron chi connectivity index (χ0n) is 25.3. The van der Waals surface area contributed by atoms with Gasteiger partial charge in [-0.15, -0.1) is 0 Å². The van der Waals surface area contributed by atoms with Gasteiger partial charge in [0.2, 0.25) is 0 Å². The Morgan fingerprint density at radius 1 is 0.426 bits per heavy atom. The Morgan fingerprint density at radius 2 is 1.02 bits per heavy atom. The number of imidazole rings is 1. The molecular weight excluding hydrogens is 571 g/mol. The van der Waals surface area contributed by atoms with Crippen LogP contribution < -0.4 is 0 Å². The van der Waals surface area contributed by atoms with Crippen LogP contribution in [-0.2, 0) is 5.41 Å². The lowest BCUT2D eigenvalue weighted by molar-refractivity contribution is 0.749. The van der Waals surface area contributed by atoms with E-state index in [2.05, 4.69) is 161 Å². The summed E-state index contributed by atoms with van der Waals surface area (Å²) in [6, 6.07) is 56.2. The van der Waals surface area contributed by atoms with Gasteiger partial charge < -0.3 is 4.57 Å². The Bertz CT molecular complexity index is 2980. The van der Waals surface area contributed by atoms with Crippen molar-refractivity contribution in [2.45, 2.75) is 5.41 Å². The van der Waals surface area contributed by atoms with Crippen LogP contribution >= 0.6 is 0 Å². The second-order valence-electron chi connectivity index (χ2n) is 13.1. The molecule has 1 aliphatic heterocycles. The van der Waals surface area contributed by atoms with Crippen molar-refractivity contribution in [2.75, 3.05) is 0 Å². The summed E-state index contributed by atoms with van der Waals surface area (Å²) in [7, 11) is 0. The van der Waals surface area contributed by atoms with Gasteiger partial charge in [-0.25, -0.2) is 4.98 Å². The molecule has 0 atom stereocenters. The third kappa shape index (κ3) is 2.60. The van der Waals surface area contributed by atoms with Gasteiger partial charge in [0.25, 0.3) is 0 Å². The van der Waals surface area contributed by atoms with Crippen molar-refractivity contribution in [3.05, 3.63) is 174 Å². The Labute approximate surface area is 269 Å². The maximum atomic E-state index is 5.25. The molecule has 7 aromatic carbocycles. The van der Waals surface area contributed by atoms with Gasteiger partial charge in [0, 0.05) is 26.9 Å². The number of nitrogens with zero attached hydrogens (tertiary/aromatic N) is 3. The second-order valence-corrected chi connectivity index (χ2v) is 13.1. The molecule has 2 aliphatic rings. The second kappa shape index (κ2) is 8.14. The van der Waals surface area contributed by atoms with Crippen molar-refractivity contribution in [1.29, 1.82) is 0 Å². The van der Waals surface area contributed by atoms with Crippen LogP contribution in [-0.4, -0.2) is 14.0 Å². The summed E-state index contributed by atoms with van der Waals surface area (Å²) < 4.78 is 4.93. The zero-order valence-corrected chi connectivity index (χ0v) is 25.3. The zero-order chi connectivity index (χ0) is 30.4. The number of benzene rings is 7. The van der Waals surface area contributed by atoms with Crippen LogP contribution in [0.3, 0.4) is 0 Å². The molecule has 12 rings (SSSR count). The molecule has 0 bridgehead atoms. The predicted molar refractivity (Wildman–Crippen MR) is 193 cm³/mol. The normalized spacial score (nSPS) is 14.1. The summed E-state index contributed by atoms with van der Waals surface area (Å²) in [6.07, 6.45) is 0. The quantitative estimate of drug-likeness (QED) is 0.160. The first-order chi connectivity index (χ1) is 23.4. The highest BCUT2D eigenvalue weighted by atomic mass is 15.0. The molecule has 0 fully saturated rings. The average Bonchev–Trinajstić information content (AvgIpc) is 3.79. The van der Waals surface area contributed by atoms with Crippen LogP contribution in [0, 0.1) is 0 Å². The highest BCUT2D eigenvalue weighted by Gasteiger charge is 2.50. The topological polar surface area (TPSA) is 22.2 Å². The standard InChI is InChI=1S/C44H25N3/c1-4-16-32-26(12-1)27-13-2-5-17-33(27)44(32)34-18-6-9-22-38(34)47-41-28(15-11-19-35(41)44)29-24-25-31-40(42(29)47)30-14-3-8-21-37(30)46-39-23-10-7-20-36(39)45-43(31)46/h1-25H. The van der Waals surface area contributed by atoms with E-state index in [1.807, 2.05) is 0 Å². The minimum absolute atomic E-state index is 0.417. The van der Waals surface area contributed by atoms with E-state index in [9.17, 15) is 0 Å². The molecule has 4 heterocycles. The fourth-order valence-corrected chi connectivity index (χ4v) is 9.43. The number of pyridine rings is 1. The van der Waals surface area contributed by atoms with Crippen LogP contribution in [0.25, 0.3) is 77.0 Å². The van der Waals surface area contributed by atoms with E-state index in [1.54, 1.807) is 0 Å². The summed E-state index contributed by atoms with van der Waals surface area (Å²) in [5.41, 5.74) is 15.7. The first kappa shape index (κ1) is 24.1. The molecular formula is C44H25N3. The van der Waals surface area contributed by atoms with Crippen LogP contribution in [0.4, 0.5) is 0 Å². The van der Waals surface area contributed by atoms with Gasteiger partial charge in [-0.1, -0.05) is 121 Å². The molecule has 3 aromatic heterocycles. The van der Waals surface area contributed by atoms with Crippen molar-refractivity contribution < 1.29 is 0 Å². The largest absolute Gasteiger partial charge is 0.308 e. The molecule has 3 nitrogen and oxygen atoms in total. The Kier molecular flexibility index (Phi) is 4.17. The minimum atomic E-state index is -0.417. The molecule has 0 N–H and O–H groups in total. The molecule has 216 valence electrons. The summed E-state index contributed by atoms with van der Waals surface area (Å²) in [4.78, 5) is 5.25. The van der Waals surface area contributed by atoms with Gasteiger partial charge in [-0.3, -0.25) is 4.40 Å². The summed E-state index contributed by atoms with van der Waals surface area (Å²) in [5, 5.41) is 6.21. The molecule has 1 aliphatic carbocycles. The van der Waals surface area contributed by atoms with Gasteiger partial charge in [0.05, 0.1) is 38.7 Å². The maximum Gasteiger partial charge on any atom is 0.146 e. The molecule has 1 spiro atoms. The molecule has 10 aromatic rings. The minimum Gasteiger partial charge on any atom is -0.308 e. The van der Waals surface area contributed by atoms with Gasteiger partial charge in [-0.2, -0.15) is 0 Å². The average molecular weight is 596 g/mol. The lowest BCUT2D eigenvalue weighted by atomic mass is 9.65. The summed E-state index contributed by atoms with van der Waals surface area (Å²) >= 11 is 0. The van der Waals surface area contributed by atoms with E-state index in [0.29, 0.717) is 0 Å². The monoisotopic (exact) mass is 595 g/mol. The van der Waals surface area contributed by atoms with E-state index in [1.165, 1.54) is 82.5 Å². The third-order valence-corrected chi connectivity index (χ3v) is 11.1. The summed E-state index contributed by atoms with van der Waals surface area (Å²) in [6.45, 7) is 0. The molecule has 47 heavy (non-hydrogen) atoms. The van der Waals surface area contributed by atoms with Crippen molar-refractivity contribution >= 4 is 60.2 Å². The number of hydrogen-bond donors (Lipinski definition) is 0. The van der Waals surface area contributed by atoms with E-state index < -0.39 is 5.41 Å². The van der Waals surface area contributed by atoms with Gasteiger partial charge in [0.15, 0.2) is 0 Å².